The van der Waals surface area contributed by atoms with Crippen LogP contribution >= 0.6 is 0 Å². The first-order valence-electron chi connectivity index (χ1n) is 5.62. The van der Waals surface area contributed by atoms with Crippen LogP contribution in [0.4, 0.5) is 0 Å². The molecule has 1 aromatic rings. The molecule has 17 heavy (non-hydrogen) atoms. The number of hydrogen-bond donors (Lipinski definition) is 0. The summed E-state index contributed by atoms with van der Waals surface area (Å²) in [5.41, 5.74) is 2.31. The van der Waals surface area contributed by atoms with Crippen LogP contribution in [0.15, 0.2) is 18.2 Å². The number of hydrogen-bond acceptors (Lipinski definition) is 3. The molecule has 0 saturated carbocycles. The Morgan fingerprint density at radius 3 is 2.53 bits per heavy atom. The minimum atomic E-state index is -1.08. The van der Waals surface area contributed by atoms with Gasteiger partial charge in [0, 0.05) is 16.9 Å². The molecule has 0 bridgehead atoms. The Labute approximate surface area is 99.8 Å². The van der Waals surface area contributed by atoms with Gasteiger partial charge in [0.1, 0.15) is 0 Å². The van der Waals surface area contributed by atoms with Crippen molar-refractivity contribution in [2.24, 2.45) is 0 Å². The van der Waals surface area contributed by atoms with E-state index in [9.17, 15) is 14.9 Å². The van der Waals surface area contributed by atoms with Gasteiger partial charge in [-0.05, 0) is 22.6 Å². The predicted octanol–water partition coefficient (Wildman–Crippen LogP) is 2.37. The molecule has 0 aromatic heterocycles. The highest BCUT2D eigenvalue weighted by molar-refractivity contribution is 6.03. The van der Waals surface area contributed by atoms with Crippen LogP contribution in [0.5, 0.6) is 0 Å². The van der Waals surface area contributed by atoms with Crippen LogP contribution < -0.4 is 0 Å². The molecule has 0 aliphatic heterocycles. The van der Waals surface area contributed by atoms with Crippen LogP contribution in [0, 0.1) is 10.1 Å². The Bertz CT molecular complexity index is 500. The van der Waals surface area contributed by atoms with Crippen LogP contribution in [0.3, 0.4) is 0 Å². The first kappa shape index (κ1) is 11.8. The van der Waals surface area contributed by atoms with Crippen LogP contribution in [-0.4, -0.2) is 16.7 Å². The fourth-order valence-corrected chi connectivity index (χ4v) is 2.10. The second kappa shape index (κ2) is 3.65. The first-order valence-corrected chi connectivity index (χ1v) is 5.62. The molecule has 4 nitrogen and oxygen atoms in total. The molecule has 0 spiro atoms. The zero-order valence-corrected chi connectivity index (χ0v) is 10.2. The fourth-order valence-electron chi connectivity index (χ4n) is 2.10. The molecule has 1 unspecified atom stereocenters. The van der Waals surface area contributed by atoms with E-state index in [1.165, 1.54) is 0 Å². The van der Waals surface area contributed by atoms with Crippen LogP contribution in [0.1, 0.15) is 42.3 Å². The number of carbonyl (C=O) groups excluding carboxylic acids is 1. The van der Waals surface area contributed by atoms with Gasteiger partial charge in [0.15, 0.2) is 0 Å². The molecule has 0 fully saturated rings. The normalized spacial score (nSPS) is 19.2. The van der Waals surface area contributed by atoms with Crippen molar-refractivity contribution in [2.45, 2.75) is 38.6 Å². The molecule has 1 aliphatic rings. The molecule has 1 atom stereocenters. The molecule has 4 heteroatoms. The number of fused-ring (bicyclic) bond motifs is 1. The summed E-state index contributed by atoms with van der Waals surface area (Å²) in [5, 5.41) is 10.7. The summed E-state index contributed by atoms with van der Waals surface area (Å²) in [7, 11) is 0. The zero-order chi connectivity index (χ0) is 12.8. The minimum absolute atomic E-state index is 0.0536. The number of nitro groups is 1. The number of Topliss-reactive ketones (excluding diaryl/α,β-unsaturated/α-hetero) is 1. The summed E-state index contributed by atoms with van der Waals surface area (Å²) >= 11 is 0. The standard InChI is InChI=1S/C13H15NO3/c1-13(2,3)9-5-4-8-6-11(14(16)17)12(15)10(8)7-9/h4-5,7,11H,6H2,1-3H3. The van der Waals surface area contributed by atoms with E-state index < -0.39 is 11.0 Å². The minimum Gasteiger partial charge on any atom is -0.286 e. The summed E-state index contributed by atoms with van der Waals surface area (Å²) in [4.78, 5) is 22.1. The van der Waals surface area contributed by atoms with Gasteiger partial charge in [-0.1, -0.05) is 32.9 Å². The summed E-state index contributed by atoms with van der Waals surface area (Å²) in [5.74, 6) is -0.351. The van der Waals surface area contributed by atoms with Crippen LogP contribution in [0.25, 0.3) is 0 Å². The highest BCUT2D eigenvalue weighted by Crippen LogP contribution is 2.29. The SMILES string of the molecule is CC(C)(C)c1ccc2c(c1)C(=O)C([N+](=O)[O-])C2. The largest absolute Gasteiger partial charge is 0.286 e. The molecule has 2 rings (SSSR count). The summed E-state index contributed by atoms with van der Waals surface area (Å²) in [6, 6.07) is 4.52. The lowest BCUT2D eigenvalue weighted by Gasteiger charge is -2.19. The molecular weight excluding hydrogens is 218 g/mol. The topological polar surface area (TPSA) is 60.2 Å². The van der Waals surface area contributed by atoms with Gasteiger partial charge in [0.05, 0.1) is 0 Å². The predicted molar refractivity (Wildman–Crippen MR) is 64.0 cm³/mol. The Balaban J connectivity index is 2.45. The van der Waals surface area contributed by atoms with Crippen LogP contribution in [-0.2, 0) is 11.8 Å². The molecule has 0 N–H and O–H groups in total. The maximum atomic E-state index is 11.9. The average Bonchev–Trinajstić information content (AvgIpc) is 2.54. The number of rotatable bonds is 1. The Kier molecular flexibility index (Phi) is 2.53. The second-order valence-corrected chi connectivity index (χ2v) is 5.49. The summed E-state index contributed by atoms with van der Waals surface area (Å²) in [6.07, 6.45) is 0.228. The lowest BCUT2D eigenvalue weighted by atomic mass is 9.85. The maximum absolute atomic E-state index is 11.9. The molecule has 90 valence electrons. The first-order chi connectivity index (χ1) is 7.80. The highest BCUT2D eigenvalue weighted by atomic mass is 16.6. The van der Waals surface area contributed by atoms with E-state index in [1.807, 2.05) is 12.1 Å². The van der Waals surface area contributed by atoms with E-state index in [-0.39, 0.29) is 17.6 Å². The quantitative estimate of drug-likeness (QED) is 0.552. The third-order valence-electron chi connectivity index (χ3n) is 3.21. The van der Waals surface area contributed by atoms with Gasteiger partial charge in [-0.2, -0.15) is 0 Å². The molecule has 0 amide bonds. The van der Waals surface area contributed by atoms with Crippen molar-refractivity contribution in [3.63, 3.8) is 0 Å². The monoisotopic (exact) mass is 233 g/mol. The van der Waals surface area contributed by atoms with Crippen molar-refractivity contribution in [2.75, 3.05) is 0 Å². The Morgan fingerprint density at radius 1 is 1.35 bits per heavy atom. The number of nitrogens with zero attached hydrogens (tertiary/aromatic N) is 1. The van der Waals surface area contributed by atoms with Crippen molar-refractivity contribution < 1.29 is 9.72 Å². The van der Waals surface area contributed by atoms with E-state index in [4.69, 9.17) is 0 Å². The molecule has 0 radical (unpaired) electrons. The number of benzene rings is 1. The van der Waals surface area contributed by atoms with Crippen molar-refractivity contribution >= 4 is 5.78 Å². The van der Waals surface area contributed by atoms with E-state index in [0.717, 1.165) is 11.1 Å². The second-order valence-electron chi connectivity index (χ2n) is 5.49. The number of carbonyl (C=O) groups is 1. The van der Waals surface area contributed by atoms with Crippen molar-refractivity contribution in [1.29, 1.82) is 0 Å². The average molecular weight is 233 g/mol. The zero-order valence-electron chi connectivity index (χ0n) is 10.2. The van der Waals surface area contributed by atoms with E-state index >= 15 is 0 Å². The molecular formula is C13H15NO3. The van der Waals surface area contributed by atoms with Crippen molar-refractivity contribution in [3.05, 3.63) is 45.0 Å². The third kappa shape index (κ3) is 1.95. The highest BCUT2D eigenvalue weighted by Gasteiger charge is 2.39. The van der Waals surface area contributed by atoms with Gasteiger partial charge < -0.3 is 0 Å². The van der Waals surface area contributed by atoms with Gasteiger partial charge in [-0.25, -0.2) is 0 Å². The Hall–Kier alpha value is -1.71. The van der Waals surface area contributed by atoms with Gasteiger partial charge in [-0.3, -0.25) is 14.9 Å². The lowest BCUT2D eigenvalue weighted by Crippen LogP contribution is -2.25. The fraction of sp³-hybridized carbons (Fsp3) is 0.462. The van der Waals surface area contributed by atoms with Gasteiger partial charge in [-0.15, -0.1) is 0 Å². The van der Waals surface area contributed by atoms with Crippen molar-refractivity contribution in [1.82, 2.24) is 0 Å². The van der Waals surface area contributed by atoms with Gasteiger partial charge in [0.25, 0.3) is 6.04 Å². The molecule has 1 aromatic carbocycles. The number of ketones is 1. The Morgan fingerprint density at radius 2 is 2.00 bits per heavy atom. The molecule has 1 aliphatic carbocycles. The molecule has 0 heterocycles. The maximum Gasteiger partial charge on any atom is 0.278 e. The third-order valence-corrected chi connectivity index (χ3v) is 3.21. The lowest BCUT2D eigenvalue weighted by molar-refractivity contribution is -0.503. The summed E-state index contributed by atoms with van der Waals surface area (Å²) in [6.45, 7) is 6.16. The van der Waals surface area contributed by atoms with E-state index in [0.29, 0.717) is 5.56 Å². The summed E-state index contributed by atoms with van der Waals surface area (Å²) < 4.78 is 0. The van der Waals surface area contributed by atoms with Gasteiger partial charge in [0.2, 0.25) is 5.78 Å². The van der Waals surface area contributed by atoms with Crippen LogP contribution in [0.2, 0.25) is 0 Å². The van der Waals surface area contributed by atoms with Crippen molar-refractivity contribution in [3.8, 4) is 0 Å². The van der Waals surface area contributed by atoms with Gasteiger partial charge >= 0.3 is 0 Å². The smallest absolute Gasteiger partial charge is 0.278 e. The van der Waals surface area contributed by atoms with E-state index in [1.54, 1.807) is 6.07 Å². The molecule has 0 saturated heterocycles. The van der Waals surface area contributed by atoms with E-state index in [2.05, 4.69) is 20.8 Å².